The van der Waals surface area contributed by atoms with E-state index in [0.29, 0.717) is 24.7 Å². The van der Waals surface area contributed by atoms with E-state index in [2.05, 4.69) is 0 Å². The van der Waals surface area contributed by atoms with Gasteiger partial charge in [-0.2, -0.15) is 0 Å². The molecule has 2 amide bonds. The van der Waals surface area contributed by atoms with Gasteiger partial charge >= 0.3 is 5.97 Å². The Balaban J connectivity index is 1.67. The number of hydrogen-bond acceptors (Lipinski definition) is 4. The van der Waals surface area contributed by atoms with Gasteiger partial charge in [0.25, 0.3) is 5.91 Å². The lowest BCUT2D eigenvalue weighted by Gasteiger charge is -2.17. The van der Waals surface area contributed by atoms with Gasteiger partial charge in [-0.3, -0.25) is 9.59 Å². The van der Waals surface area contributed by atoms with Crippen molar-refractivity contribution in [1.29, 1.82) is 0 Å². The van der Waals surface area contributed by atoms with Crippen molar-refractivity contribution in [2.75, 3.05) is 16.8 Å². The van der Waals surface area contributed by atoms with Crippen LogP contribution in [0.1, 0.15) is 30.1 Å². The summed E-state index contributed by atoms with van der Waals surface area (Å²) in [5.74, 6) is -6.46. The normalized spacial score (nSPS) is 14.6. The van der Waals surface area contributed by atoms with Gasteiger partial charge in [0.1, 0.15) is 0 Å². The molecule has 1 saturated heterocycles. The van der Waals surface area contributed by atoms with Crippen LogP contribution in [-0.4, -0.2) is 30.4 Å². The summed E-state index contributed by atoms with van der Waals surface area (Å²) in [5.41, 5.74) is 0.0927. The highest BCUT2D eigenvalue weighted by Crippen LogP contribution is 2.23. The van der Waals surface area contributed by atoms with Crippen molar-refractivity contribution in [2.45, 2.75) is 25.9 Å². The van der Waals surface area contributed by atoms with Crippen LogP contribution in [0.2, 0.25) is 0 Å². The van der Waals surface area contributed by atoms with Gasteiger partial charge in [-0.05, 0) is 43.7 Å². The number of benzene rings is 2. The summed E-state index contributed by atoms with van der Waals surface area (Å²) in [6, 6.07) is 7.73. The maximum Gasteiger partial charge on any atom is 0.338 e. The molecule has 0 aromatic heterocycles. The van der Waals surface area contributed by atoms with E-state index >= 15 is 0 Å². The molecule has 152 valence electrons. The summed E-state index contributed by atoms with van der Waals surface area (Å²) in [5, 5.41) is 2.05. The van der Waals surface area contributed by atoms with Gasteiger partial charge in [-0.15, -0.1) is 0 Å². The second-order valence-electron chi connectivity index (χ2n) is 6.46. The number of nitrogens with one attached hydrogen (secondary N) is 1. The summed E-state index contributed by atoms with van der Waals surface area (Å²) in [7, 11) is 0. The third kappa shape index (κ3) is 4.39. The third-order valence-electron chi connectivity index (χ3n) is 4.41. The summed E-state index contributed by atoms with van der Waals surface area (Å²) >= 11 is 0. The largest absolute Gasteiger partial charge is 0.449 e. The summed E-state index contributed by atoms with van der Waals surface area (Å²) < 4.78 is 44.9. The molecule has 1 atom stereocenters. The van der Waals surface area contributed by atoms with Crippen LogP contribution < -0.4 is 10.2 Å². The van der Waals surface area contributed by atoms with Crippen molar-refractivity contribution < 1.29 is 32.3 Å². The Morgan fingerprint density at radius 1 is 1.14 bits per heavy atom. The Morgan fingerprint density at radius 2 is 1.90 bits per heavy atom. The van der Waals surface area contributed by atoms with Crippen LogP contribution >= 0.6 is 0 Å². The smallest absolute Gasteiger partial charge is 0.338 e. The fourth-order valence-electron chi connectivity index (χ4n) is 2.86. The molecule has 0 aliphatic carbocycles. The van der Waals surface area contributed by atoms with Gasteiger partial charge in [0, 0.05) is 18.7 Å². The number of carbonyl (C=O) groups excluding carboxylic acids is 3. The van der Waals surface area contributed by atoms with Crippen LogP contribution in [0.15, 0.2) is 36.4 Å². The third-order valence-corrected chi connectivity index (χ3v) is 4.41. The van der Waals surface area contributed by atoms with E-state index < -0.39 is 41.1 Å². The summed E-state index contributed by atoms with van der Waals surface area (Å²) in [4.78, 5) is 37.9. The molecule has 1 N–H and O–H groups in total. The van der Waals surface area contributed by atoms with E-state index in [9.17, 15) is 27.6 Å². The van der Waals surface area contributed by atoms with Gasteiger partial charge in [0.05, 0.1) is 11.3 Å². The molecule has 0 saturated carbocycles. The molecular weight excluding hydrogens is 389 g/mol. The molecule has 2 aromatic carbocycles. The Hall–Kier alpha value is -3.36. The molecule has 1 heterocycles. The lowest BCUT2D eigenvalue weighted by Crippen LogP contribution is -2.30. The first kappa shape index (κ1) is 20.4. The van der Waals surface area contributed by atoms with Gasteiger partial charge < -0.3 is 15.0 Å². The van der Waals surface area contributed by atoms with Crippen LogP contribution in [0.5, 0.6) is 0 Å². The maximum atomic E-state index is 13.7. The Morgan fingerprint density at radius 3 is 2.59 bits per heavy atom. The molecule has 0 unspecified atom stereocenters. The number of ether oxygens (including phenoxy) is 1. The average Bonchev–Trinajstić information content (AvgIpc) is 3.14. The van der Waals surface area contributed by atoms with E-state index in [-0.39, 0.29) is 11.5 Å². The van der Waals surface area contributed by atoms with Crippen molar-refractivity contribution >= 4 is 29.2 Å². The minimum atomic E-state index is -1.72. The van der Waals surface area contributed by atoms with Crippen molar-refractivity contribution in [3.63, 3.8) is 0 Å². The number of halogens is 3. The molecule has 1 aliphatic rings. The molecule has 0 radical (unpaired) electrons. The number of carbonyl (C=O) groups is 3. The zero-order valence-electron chi connectivity index (χ0n) is 15.4. The van der Waals surface area contributed by atoms with Crippen LogP contribution in [0.25, 0.3) is 0 Å². The highest BCUT2D eigenvalue weighted by Gasteiger charge is 2.24. The molecule has 2 aromatic rings. The summed E-state index contributed by atoms with van der Waals surface area (Å²) in [6.07, 6.45) is -0.176. The SMILES string of the molecule is C[C@H](OC(=O)c1cccc(N2CCCC2=O)c1)C(=O)Nc1ccc(F)c(F)c1F. The second kappa shape index (κ2) is 8.34. The average molecular weight is 406 g/mol. The first-order valence-electron chi connectivity index (χ1n) is 8.83. The van der Waals surface area contributed by atoms with Crippen LogP contribution in [0.4, 0.5) is 24.5 Å². The molecule has 29 heavy (non-hydrogen) atoms. The van der Waals surface area contributed by atoms with Gasteiger partial charge in [0.2, 0.25) is 5.91 Å². The molecule has 9 heteroatoms. The zero-order valence-corrected chi connectivity index (χ0v) is 15.4. The second-order valence-corrected chi connectivity index (χ2v) is 6.46. The minimum absolute atomic E-state index is 0.0446. The Labute approximate surface area is 164 Å². The maximum absolute atomic E-state index is 13.7. The number of anilines is 2. The fraction of sp³-hybridized carbons (Fsp3) is 0.250. The van der Waals surface area contributed by atoms with Gasteiger partial charge in [-0.1, -0.05) is 6.07 Å². The standard InChI is InChI=1S/C20H17F3N2O4/c1-11(19(27)24-15-8-7-14(21)17(22)18(15)23)29-20(28)12-4-2-5-13(10-12)25-9-3-6-16(25)26/h2,4-5,7-8,10-11H,3,6,9H2,1H3,(H,24,27)/t11-/m0/s1. The lowest BCUT2D eigenvalue weighted by molar-refractivity contribution is -0.123. The Kier molecular flexibility index (Phi) is 5.86. The predicted octanol–water partition coefficient (Wildman–Crippen LogP) is 3.41. The molecule has 3 rings (SSSR count). The molecule has 6 nitrogen and oxygen atoms in total. The molecule has 1 fully saturated rings. The zero-order chi connectivity index (χ0) is 21.1. The highest BCUT2D eigenvalue weighted by molar-refractivity contribution is 5.99. The molecule has 0 bridgehead atoms. The lowest BCUT2D eigenvalue weighted by atomic mass is 10.2. The van der Waals surface area contributed by atoms with Gasteiger partial charge in [-0.25, -0.2) is 18.0 Å². The van der Waals surface area contributed by atoms with E-state index in [4.69, 9.17) is 4.74 Å². The van der Waals surface area contributed by atoms with E-state index in [0.717, 1.165) is 12.5 Å². The minimum Gasteiger partial charge on any atom is -0.449 e. The van der Waals surface area contributed by atoms with Crippen molar-refractivity contribution in [3.8, 4) is 0 Å². The molecular formula is C20H17F3N2O4. The number of esters is 1. The summed E-state index contributed by atoms with van der Waals surface area (Å²) in [6.45, 7) is 1.80. The van der Waals surface area contributed by atoms with Crippen molar-refractivity contribution in [1.82, 2.24) is 0 Å². The first-order valence-corrected chi connectivity index (χ1v) is 8.83. The quantitative estimate of drug-likeness (QED) is 0.610. The fourth-order valence-corrected chi connectivity index (χ4v) is 2.86. The van der Waals surface area contributed by atoms with Gasteiger partial charge in [0.15, 0.2) is 23.6 Å². The number of rotatable bonds is 5. The first-order chi connectivity index (χ1) is 13.8. The van der Waals surface area contributed by atoms with E-state index in [1.807, 2.05) is 5.32 Å². The molecule has 1 aliphatic heterocycles. The topological polar surface area (TPSA) is 75.7 Å². The van der Waals surface area contributed by atoms with E-state index in [1.165, 1.54) is 19.1 Å². The number of amides is 2. The van der Waals surface area contributed by atoms with E-state index in [1.54, 1.807) is 17.0 Å². The van der Waals surface area contributed by atoms with Crippen LogP contribution in [-0.2, 0) is 14.3 Å². The monoisotopic (exact) mass is 406 g/mol. The molecule has 0 spiro atoms. The van der Waals surface area contributed by atoms with Crippen LogP contribution in [0, 0.1) is 17.5 Å². The predicted molar refractivity (Wildman–Crippen MR) is 97.9 cm³/mol. The Bertz CT molecular complexity index is 980. The van der Waals surface area contributed by atoms with Crippen LogP contribution in [0.3, 0.4) is 0 Å². The van der Waals surface area contributed by atoms with Crippen molar-refractivity contribution in [2.24, 2.45) is 0 Å². The van der Waals surface area contributed by atoms with Crippen molar-refractivity contribution in [3.05, 3.63) is 59.4 Å². The highest BCUT2D eigenvalue weighted by atomic mass is 19.2. The number of hydrogen-bond donors (Lipinski definition) is 1. The number of nitrogens with zero attached hydrogens (tertiary/aromatic N) is 1.